The van der Waals surface area contributed by atoms with E-state index in [1.807, 2.05) is 12.1 Å². The molecule has 9 heteroatoms. The van der Waals surface area contributed by atoms with Crippen LogP contribution < -0.4 is 10.1 Å². The lowest BCUT2D eigenvalue weighted by Crippen LogP contribution is -2.25. The van der Waals surface area contributed by atoms with Crippen LogP contribution in [-0.4, -0.2) is 35.1 Å². The van der Waals surface area contributed by atoms with Crippen LogP contribution in [0.15, 0.2) is 66.9 Å². The first kappa shape index (κ1) is 30.7. The lowest BCUT2D eigenvalue weighted by Gasteiger charge is -2.08. The molecule has 3 rings (SSSR count). The van der Waals surface area contributed by atoms with Crippen molar-refractivity contribution in [1.82, 2.24) is 10.3 Å². The molecular formula is C31H35F3N2O4. The van der Waals surface area contributed by atoms with Crippen LogP contribution in [0.25, 0.3) is 11.3 Å². The van der Waals surface area contributed by atoms with Gasteiger partial charge in [-0.05, 0) is 67.3 Å². The van der Waals surface area contributed by atoms with E-state index in [4.69, 9.17) is 9.84 Å². The standard InChI is InChI=1S/C31H35F3N2O4/c32-31(33,34)26-14-10-24(11-15-26)28-18-9-23(22-36-28)8-6-4-2-1-3-5-7-21-40-27-16-12-25(13-17-27)30(39)35-20-19-29(37)38/h9-18,22H,1-8,19-21H2,(H,35,39)(H,37,38). The van der Waals surface area contributed by atoms with Gasteiger partial charge in [0.2, 0.25) is 0 Å². The summed E-state index contributed by atoms with van der Waals surface area (Å²) in [6, 6.07) is 15.7. The maximum Gasteiger partial charge on any atom is 0.416 e. The Morgan fingerprint density at radius 3 is 2.08 bits per heavy atom. The molecule has 0 saturated heterocycles. The zero-order chi connectivity index (χ0) is 28.8. The highest BCUT2D eigenvalue weighted by Crippen LogP contribution is 2.30. The zero-order valence-electron chi connectivity index (χ0n) is 22.4. The summed E-state index contributed by atoms with van der Waals surface area (Å²) in [5.41, 5.74) is 2.25. The summed E-state index contributed by atoms with van der Waals surface area (Å²) in [7, 11) is 0. The number of hydrogen-bond acceptors (Lipinski definition) is 4. The number of amides is 1. The van der Waals surface area contributed by atoms with Gasteiger partial charge in [-0.15, -0.1) is 0 Å². The monoisotopic (exact) mass is 556 g/mol. The molecule has 1 heterocycles. The van der Waals surface area contributed by atoms with Crippen LogP contribution in [0.1, 0.15) is 72.9 Å². The number of hydrogen-bond donors (Lipinski definition) is 2. The number of nitrogens with one attached hydrogen (secondary N) is 1. The number of carbonyl (C=O) groups is 2. The van der Waals surface area contributed by atoms with E-state index in [0.717, 1.165) is 69.1 Å². The van der Waals surface area contributed by atoms with E-state index in [1.54, 1.807) is 30.5 Å². The van der Waals surface area contributed by atoms with Gasteiger partial charge in [0.05, 0.1) is 24.3 Å². The number of ether oxygens (including phenoxy) is 1. The molecule has 0 aliphatic carbocycles. The summed E-state index contributed by atoms with van der Waals surface area (Å²) in [5.74, 6) is -0.562. The Morgan fingerprint density at radius 2 is 1.48 bits per heavy atom. The van der Waals surface area contributed by atoms with Crippen molar-refractivity contribution < 1.29 is 32.6 Å². The molecule has 6 nitrogen and oxygen atoms in total. The third-order valence-electron chi connectivity index (χ3n) is 6.45. The van der Waals surface area contributed by atoms with Gasteiger partial charge in [0.15, 0.2) is 0 Å². The van der Waals surface area contributed by atoms with E-state index in [0.29, 0.717) is 29.2 Å². The Morgan fingerprint density at radius 1 is 0.825 bits per heavy atom. The van der Waals surface area contributed by atoms with Crippen molar-refractivity contribution in [3.8, 4) is 17.0 Å². The van der Waals surface area contributed by atoms with Gasteiger partial charge in [-0.3, -0.25) is 14.6 Å². The van der Waals surface area contributed by atoms with Gasteiger partial charge in [0, 0.05) is 23.9 Å². The molecule has 0 unspecified atom stereocenters. The minimum absolute atomic E-state index is 0.0921. The Labute approximate surface area is 232 Å². The molecule has 0 saturated carbocycles. The first-order chi connectivity index (χ1) is 19.2. The van der Waals surface area contributed by atoms with Crippen LogP contribution in [0, 0.1) is 0 Å². The normalized spacial score (nSPS) is 11.3. The number of nitrogens with zero attached hydrogens (tertiary/aromatic N) is 1. The average Bonchev–Trinajstić information content (AvgIpc) is 2.94. The number of carbonyl (C=O) groups excluding carboxylic acids is 1. The second-order valence-corrected chi connectivity index (χ2v) is 9.62. The van der Waals surface area contributed by atoms with E-state index >= 15 is 0 Å². The molecule has 0 atom stereocenters. The zero-order valence-corrected chi connectivity index (χ0v) is 22.4. The molecule has 2 N–H and O–H groups in total. The van der Waals surface area contributed by atoms with Crippen molar-refractivity contribution in [1.29, 1.82) is 0 Å². The maximum atomic E-state index is 12.7. The second-order valence-electron chi connectivity index (χ2n) is 9.62. The first-order valence-electron chi connectivity index (χ1n) is 13.6. The summed E-state index contributed by atoms with van der Waals surface area (Å²) in [6.45, 7) is 0.703. The lowest BCUT2D eigenvalue weighted by atomic mass is 10.0. The van der Waals surface area contributed by atoms with E-state index in [1.165, 1.54) is 12.1 Å². The van der Waals surface area contributed by atoms with Crippen molar-refractivity contribution >= 4 is 11.9 Å². The molecule has 1 aromatic heterocycles. The fourth-order valence-corrected chi connectivity index (χ4v) is 4.17. The molecule has 2 aromatic carbocycles. The van der Waals surface area contributed by atoms with Crippen molar-refractivity contribution in [2.24, 2.45) is 0 Å². The van der Waals surface area contributed by atoms with Gasteiger partial charge in [0.25, 0.3) is 5.91 Å². The van der Waals surface area contributed by atoms with Crippen LogP contribution in [0.3, 0.4) is 0 Å². The van der Waals surface area contributed by atoms with Crippen molar-refractivity contribution in [3.63, 3.8) is 0 Å². The minimum atomic E-state index is -4.34. The van der Waals surface area contributed by atoms with Crippen LogP contribution in [-0.2, 0) is 17.4 Å². The summed E-state index contributed by atoms with van der Waals surface area (Å²) in [6.07, 6.45) is 5.98. The largest absolute Gasteiger partial charge is 0.494 e. The van der Waals surface area contributed by atoms with Crippen LogP contribution in [0.4, 0.5) is 13.2 Å². The number of aromatic nitrogens is 1. The molecule has 40 heavy (non-hydrogen) atoms. The molecular weight excluding hydrogens is 521 g/mol. The number of aliphatic carboxylic acids is 1. The van der Waals surface area contributed by atoms with Crippen LogP contribution in [0.2, 0.25) is 0 Å². The van der Waals surface area contributed by atoms with Crippen LogP contribution >= 0.6 is 0 Å². The Kier molecular flexibility index (Phi) is 12.0. The predicted molar refractivity (Wildman–Crippen MR) is 147 cm³/mol. The molecule has 0 aliphatic rings. The Balaban J connectivity index is 1.21. The molecule has 0 spiro atoms. The number of rotatable bonds is 16. The van der Waals surface area contributed by atoms with Gasteiger partial charge in [-0.25, -0.2) is 0 Å². The summed E-state index contributed by atoms with van der Waals surface area (Å²) < 4.78 is 43.9. The highest BCUT2D eigenvalue weighted by Gasteiger charge is 2.30. The molecule has 214 valence electrons. The number of aryl methyl sites for hydroxylation is 1. The molecule has 3 aromatic rings. The van der Waals surface area contributed by atoms with Gasteiger partial charge in [0.1, 0.15) is 5.75 Å². The highest BCUT2D eigenvalue weighted by atomic mass is 19.4. The van der Waals surface area contributed by atoms with Gasteiger partial charge < -0.3 is 15.2 Å². The summed E-state index contributed by atoms with van der Waals surface area (Å²) in [4.78, 5) is 26.9. The van der Waals surface area contributed by atoms with Crippen molar-refractivity contribution in [3.05, 3.63) is 83.6 Å². The maximum absolute atomic E-state index is 12.7. The van der Waals surface area contributed by atoms with E-state index < -0.39 is 17.7 Å². The van der Waals surface area contributed by atoms with Crippen molar-refractivity contribution in [2.45, 2.75) is 64.0 Å². The number of unbranched alkanes of at least 4 members (excludes halogenated alkanes) is 6. The Hall–Kier alpha value is -3.88. The first-order valence-corrected chi connectivity index (χ1v) is 13.6. The fraction of sp³-hybridized carbons (Fsp3) is 0.387. The summed E-state index contributed by atoms with van der Waals surface area (Å²) in [5, 5.41) is 11.2. The molecule has 1 amide bonds. The third-order valence-corrected chi connectivity index (χ3v) is 6.45. The predicted octanol–water partition coefficient (Wildman–Crippen LogP) is 7.32. The second kappa shape index (κ2) is 15.6. The average molecular weight is 557 g/mol. The minimum Gasteiger partial charge on any atom is -0.494 e. The molecule has 0 aliphatic heterocycles. The van der Waals surface area contributed by atoms with Crippen molar-refractivity contribution in [2.75, 3.05) is 13.2 Å². The van der Waals surface area contributed by atoms with Gasteiger partial charge in [-0.1, -0.05) is 50.3 Å². The third kappa shape index (κ3) is 10.7. The topological polar surface area (TPSA) is 88.5 Å². The summed E-state index contributed by atoms with van der Waals surface area (Å²) >= 11 is 0. The SMILES string of the molecule is O=C(O)CCNC(=O)c1ccc(OCCCCCCCCCc2ccc(-c3ccc(C(F)(F)F)cc3)nc2)cc1. The number of carboxylic acids is 1. The van der Waals surface area contributed by atoms with Gasteiger partial charge in [-0.2, -0.15) is 13.2 Å². The van der Waals surface area contributed by atoms with Crippen LogP contribution in [0.5, 0.6) is 5.75 Å². The number of halogens is 3. The highest BCUT2D eigenvalue weighted by molar-refractivity contribution is 5.94. The smallest absolute Gasteiger partial charge is 0.416 e. The Bertz CT molecular complexity index is 1200. The number of carboxylic acid groups (broad SMARTS) is 1. The van der Waals surface area contributed by atoms with Gasteiger partial charge >= 0.3 is 12.1 Å². The van der Waals surface area contributed by atoms with E-state index in [-0.39, 0.29) is 18.9 Å². The fourth-order valence-electron chi connectivity index (χ4n) is 4.17. The molecule has 0 bridgehead atoms. The lowest BCUT2D eigenvalue weighted by molar-refractivity contribution is -0.138. The molecule has 0 radical (unpaired) electrons. The van der Waals surface area contributed by atoms with E-state index in [2.05, 4.69) is 10.3 Å². The van der Waals surface area contributed by atoms with E-state index in [9.17, 15) is 22.8 Å². The number of benzene rings is 2. The number of pyridine rings is 1. The quantitative estimate of drug-likeness (QED) is 0.181. The molecule has 0 fully saturated rings. The number of alkyl halides is 3.